The minimum atomic E-state index is -2.74. The number of para-hydroxylation sites is 1. The summed E-state index contributed by atoms with van der Waals surface area (Å²) < 4.78 is 0. The molecule has 0 atom stereocenters. The molecule has 4 nitrogen and oxygen atoms in total. The van der Waals surface area contributed by atoms with Crippen LogP contribution in [0.5, 0.6) is 5.75 Å². The lowest BCUT2D eigenvalue weighted by Crippen LogP contribution is -2.35. The Kier molecular flexibility index (Phi) is 3.14. The minimum Gasteiger partial charge on any atom is -0.507 e. The SMILES string of the molecule is O=C(c1ccccc1)C(O)(O)c1ccccc1O. The molecule has 0 aliphatic rings. The molecule has 2 aromatic carbocycles. The molecule has 92 valence electrons. The number of phenols is 1. The molecule has 4 heteroatoms. The fraction of sp³-hybridized carbons (Fsp3) is 0.0714. The Hall–Kier alpha value is -2.17. The van der Waals surface area contributed by atoms with E-state index in [9.17, 15) is 20.1 Å². The number of hydrogen-bond donors (Lipinski definition) is 3. The summed E-state index contributed by atoms with van der Waals surface area (Å²) in [6.07, 6.45) is 0. The molecule has 2 aromatic rings. The highest BCUT2D eigenvalue weighted by Crippen LogP contribution is 2.29. The summed E-state index contributed by atoms with van der Waals surface area (Å²) in [5.74, 6) is -3.97. The van der Waals surface area contributed by atoms with Crippen LogP contribution in [-0.2, 0) is 5.79 Å². The maximum Gasteiger partial charge on any atom is 0.259 e. The standard InChI is InChI=1S/C14H12O4/c15-12-9-5-4-8-11(12)14(17,18)13(16)10-6-2-1-3-7-10/h1-9,15,17-18H. The van der Waals surface area contributed by atoms with Gasteiger partial charge in [-0.3, -0.25) is 4.79 Å². The molecule has 3 N–H and O–H groups in total. The van der Waals surface area contributed by atoms with Crippen molar-refractivity contribution >= 4 is 5.78 Å². The number of aliphatic hydroxyl groups is 2. The summed E-state index contributed by atoms with van der Waals surface area (Å²) in [5.41, 5.74) is -0.0791. The molecule has 0 spiro atoms. The molecule has 0 saturated carbocycles. The van der Waals surface area contributed by atoms with Crippen molar-refractivity contribution in [3.63, 3.8) is 0 Å². The van der Waals surface area contributed by atoms with Crippen molar-refractivity contribution in [3.05, 3.63) is 65.7 Å². The lowest BCUT2D eigenvalue weighted by molar-refractivity contribution is -0.129. The van der Waals surface area contributed by atoms with E-state index < -0.39 is 11.6 Å². The smallest absolute Gasteiger partial charge is 0.259 e. The van der Waals surface area contributed by atoms with Crippen LogP contribution in [0.3, 0.4) is 0 Å². The highest BCUT2D eigenvalue weighted by molar-refractivity contribution is 6.01. The molecule has 0 aliphatic carbocycles. The quantitative estimate of drug-likeness (QED) is 0.563. The van der Waals surface area contributed by atoms with Gasteiger partial charge in [0.05, 0.1) is 5.56 Å². The summed E-state index contributed by atoms with van der Waals surface area (Å²) in [5, 5.41) is 29.4. The molecule has 0 fully saturated rings. The van der Waals surface area contributed by atoms with Crippen LogP contribution < -0.4 is 0 Å². The van der Waals surface area contributed by atoms with Crippen LogP contribution in [0.25, 0.3) is 0 Å². The summed E-state index contributed by atoms with van der Waals surface area (Å²) in [4.78, 5) is 12.0. The summed E-state index contributed by atoms with van der Waals surface area (Å²) in [6, 6.07) is 13.5. The molecular weight excluding hydrogens is 232 g/mol. The van der Waals surface area contributed by atoms with Gasteiger partial charge in [-0.05, 0) is 12.1 Å². The fourth-order valence-electron chi connectivity index (χ4n) is 1.68. The largest absolute Gasteiger partial charge is 0.507 e. The molecule has 0 radical (unpaired) electrons. The third-order valence-electron chi connectivity index (χ3n) is 2.63. The van der Waals surface area contributed by atoms with E-state index in [1.165, 1.54) is 36.4 Å². The van der Waals surface area contributed by atoms with E-state index in [0.29, 0.717) is 0 Å². The Morgan fingerprint density at radius 3 is 2.06 bits per heavy atom. The Balaban J connectivity index is 2.44. The first kappa shape index (κ1) is 12.3. The monoisotopic (exact) mass is 244 g/mol. The van der Waals surface area contributed by atoms with E-state index in [-0.39, 0.29) is 16.9 Å². The second-order valence-electron chi connectivity index (χ2n) is 3.88. The van der Waals surface area contributed by atoms with Crippen LogP contribution in [0.4, 0.5) is 0 Å². The van der Waals surface area contributed by atoms with Crippen molar-refractivity contribution in [3.8, 4) is 5.75 Å². The van der Waals surface area contributed by atoms with Crippen molar-refractivity contribution in [2.24, 2.45) is 0 Å². The molecule has 0 saturated heterocycles. The van der Waals surface area contributed by atoms with Crippen molar-refractivity contribution in [1.29, 1.82) is 0 Å². The van der Waals surface area contributed by atoms with E-state index in [2.05, 4.69) is 0 Å². The number of Topliss-reactive ketones (excluding diaryl/α,β-unsaturated/α-hetero) is 1. The van der Waals surface area contributed by atoms with E-state index >= 15 is 0 Å². The van der Waals surface area contributed by atoms with Crippen molar-refractivity contribution in [1.82, 2.24) is 0 Å². The number of carbonyl (C=O) groups is 1. The van der Waals surface area contributed by atoms with Gasteiger partial charge in [0.1, 0.15) is 5.75 Å². The molecule has 0 amide bonds. The zero-order valence-corrected chi connectivity index (χ0v) is 9.45. The summed E-state index contributed by atoms with van der Waals surface area (Å²) in [7, 11) is 0. The molecule has 2 rings (SSSR count). The highest BCUT2D eigenvalue weighted by atomic mass is 16.5. The van der Waals surface area contributed by atoms with Crippen LogP contribution >= 0.6 is 0 Å². The molecule has 0 heterocycles. The molecule has 0 unspecified atom stereocenters. The number of ketones is 1. The topological polar surface area (TPSA) is 77.8 Å². The second-order valence-corrected chi connectivity index (χ2v) is 3.88. The third kappa shape index (κ3) is 2.11. The normalized spacial score (nSPS) is 11.2. The highest BCUT2D eigenvalue weighted by Gasteiger charge is 2.38. The summed E-state index contributed by atoms with van der Waals surface area (Å²) >= 11 is 0. The first-order valence-corrected chi connectivity index (χ1v) is 5.36. The van der Waals surface area contributed by atoms with Crippen LogP contribution in [0, 0.1) is 0 Å². The van der Waals surface area contributed by atoms with E-state index in [1.807, 2.05) is 0 Å². The van der Waals surface area contributed by atoms with Gasteiger partial charge in [-0.1, -0.05) is 42.5 Å². The maximum absolute atomic E-state index is 12.0. The second kappa shape index (κ2) is 4.60. The lowest BCUT2D eigenvalue weighted by Gasteiger charge is -2.21. The number of hydrogen-bond acceptors (Lipinski definition) is 4. The summed E-state index contributed by atoms with van der Waals surface area (Å²) in [6.45, 7) is 0. The molecule has 18 heavy (non-hydrogen) atoms. The Bertz CT molecular complexity index is 561. The lowest BCUT2D eigenvalue weighted by atomic mass is 9.96. The molecule has 0 aliphatic heterocycles. The number of benzene rings is 2. The van der Waals surface area contributed by atoms with Gasteiger partial charge in [0.15, 0.2) is 0 Å². The van der Waals surface area contributed by atoms with Crippen LogP contribution in [-0.4, -0.2) is 21.1 Å². The van der Waals surface area contributed by atoms with Gasteiger partial charge in [0.2, 0.25) is 5.78 Å². The number of carbonyl (C=O) groups excluding carboxylic acids is 1. The van der Waals surface area contributed by atoms with Crippen molar-refractivity contribution < 1.29 is 20.1 Å². The Morgan fingerprint density at radius 2 is 1.44 bits per heavy atom. The number of phenolic OH excluding ortho intramolecular Hbond substituents is 1. The van der Waals surface area contributed by atoms with Gasteiger partial charge in [-0.2, -0.15) is 0 Å². The zero-order valence-electron chi connectivity index (χ0n) is 9.45. The van der Waals surface area contributed by atoms with E-state index in [0.717, 1.165) is 0 Å². The van der Waals surface area contributed by atoms with Crippen LogP contribution in [0.15, 0.2) is 54.6 Å². The zero-order chi connectivity index (χ0) is 13.2. The Labute approximate surface area is 104 Å². The average Bonchev–Trinajstić information content (AvgIpc) is 2.39. The first-order chi connectivity index (χ1) is 8.53. The fourth-order valence-corrected chi connectivity index (χ4v) is 1.68. The predicted molar refractivity (Wildman–Crippen MR) is 65.0 cm³/mol. The maximum atomic E-state index is 12.0. The van der Waals surface area contributed by atoms with Gasteiger partial charge in [-0.25, -0.2) is 0 Å². The van der Waals surface area contributed by atoms with Gasteiger partial charge < -0.3 is 15.3 Å². The minimum absolute atomic E-state index is 0.158. The number of rotatable bonds is 3. The van der Waals surface area contributed by atoms with Crippen LogP contribution in [0.1, 0.15) is 15.9 Å². The van der Waals surface area contributed by atoms with Gasteiger partial charge in [0.25, 0.3) is 5.79 Å². The van der Waals surface area contributed by atoms with Crippen molar-refractivity contribution in [2.45, 2.75) is 5.79 Å². The van der Waals surface area contributed by atoms with Gasteiger partial charge in [0, 0.05) is 5.56 Å². The molecular formula is C14H12O4. The average molecular weight is 244 g/mol. The van der Waals surface area contributed by atoms with E-state index in [4.69, 9.17) is 0 Å². The van der Waals surface area contributed by atoms with Gasteiger partial charge >= 0.3 is 0 Å². The van der Waals surface area contributed by atoms with Crippen molar-refractivity contribution in [2.75, 3.05) is 0 Å². The predicted octanol–water partition coefficient (Wildman–Crippen LogP) is 1.41. The number of aromatic hydroxyl groups is 1. The van der Waals surface area contributed by atoms with E-state index in [1.54, 1.807) is 18.2 Å². The first-order valence-electron chi connectivity index (χ1n) is 5.36. The molecule has 0 bridgehead atoms. The Morgan fingerprint density at radius 1 is 0.889 bits per heavy atom. The van der Waals surface area contributed by atoms with Crippen LogP contribution in [0.2, 0.25) is 0 Å². The van der Waals surface area contributed by atoms with Gasteiger partial charge in [-0.15, -0.1) is 0 Å². The molecule has 0 aromatic heterocycles. The third-order valence-corrected chi connectivity index (χ3v) is 2.63.